The van der Waals surface area contributed by atoms with Gasteiger partial charge in [-0.15, -0.1) is 0 Å². The van der Waals surface area contributed by atoms with Crippen molar-refractivity contribution in [2.24, 2.45) is 19.8 Å². The lowest BCUT2D eigenvalue weighted by atomic mass is 10.0. The molecule has 6 aromatic rings. The number of nitrogens with two attached hydrogens (primary N) is 1. The standard InChI is InChI=1S/C21H19N5O3.C20H17ClN4O2/c1-25-10-7-15-16(23-18(17(22)27)24-19(15)25)14-5-3-4-13(12-14)6-8-21(29)9-11-26(2)20(21)28;1-24-10-7-15-16(22-19(21)23-17(15)24)14-5-3-4-13(12-14)6-8-20(27)9-11-25(2)18(20)26/h3-5,7,10,12,29H,9,11H2,1-2H3,(H2,22,27);3-5,7,10,12,27H,9,11H2,1-2H3/t21-;20-/m00/s1. The number of aromatic nitrogens is 6. The van der Waals surface area contributed by atoms with E-state index >= 15 is 0 Å². The van der Waals surface area contributed by atoms with Gasteiger partial charge in [-0.2, -0.15) is 4.98 Å². The number of rotatable bonds is 3. The number of aryl methyl sites for hydroxylation is 2. The molecule has 2 saturated heterocycles. The van der Waals surface area contributed by atoms with Crippen molar-refractivity contribution in [3.63, 3.8) is 0 Å². The van der Waals surface area contributed by atoms with Crippen molar-refractivity contribution in [3.8, 4) is 46.2 Å². The molecule has 6 heterocycles. The van der Waals surface area contributed by atoms with Crippen LogP contribution in [0.2, 0.25) is 5.28 Å². The zero-order valence-electron chi connectivity index (χ0n) is 30.9. The average molecular weight is 770 g/mol. The first-order valence-electron chi connectivity index (χ1n) is 17.5. The van der Waals surface area contributed by atoms with Crippen molar-refractivity contribution in [3.05, 3.63) is 95.3 Å². The minimum Gasteiger partial charge on any atom is -0.369 e. The first kappa shape index (κ1) is 37.7. The van der Waals surface area contributed by atoms with Gasteiger partial charge in [0.25, 0.3) is 17.7 Å². The van der Waals surface area contributed by atoms with Gasteiger partial charge in [0.1, 0.15) is 11.3 Å². The third-order valence-corrected chi connectivity index (χ3v) is 9.93. The molecule has 282 valence electrons. The summed E-state index contributed by atoms with van der Waals surface area (Å²) in [4.78, 5) is 56.0. The summed E-state index contributed by atoms with van der Waals surface area (Å²) in [6.07, 6.45) is 4.31. The summed E-state index contributed by atoms with van der Waals surface area (Å²) in [5, 5.41) is 22.8. The number of amides is 3. The molecule has 2 aliphatic heterocycles. The molecule has 0 unspecified atom stereocenters. The van der Waals surface area contributed by atoms with Gasteiger partial charge in [0.2, 0.25) is 22.3 Å². The van der Waals surface area contributed by atoms with E-state index in [-0.39, 0.29) is 23.4 Å². The molecule has 56 heavy (non-hydrogen) atoms. The first-order valence-corrected chi connectivity index (χ1v) is 17.9. The Hall–Kier alpha value is -6.58. The maximum atomic E-state index is 12.1. The molecule has 0 aliphatic carbocycles. The van der Waals surface area contributed by atoms with Gasteiger partial charge in [-0.1, -0.05) is 47.9 Å². The number of aliphatic hydroxyl groups is 2. The molecule has 0 spiro atoms. The maximum absolute atomic E-state index is 12.1. The Bertz CT molecular complexity index is 2720. The lowest BCUT2D eigenvalue weighted by Gasteiger charge is -2.13. The summed E-state index contributed by atoms with van der Waals surface area (Å²) in [5.74, 6) is 9.73. The minimum absolute atomic E-state index is 0.0697. The Morgan fingerprint density at radius 2 is 1.18 bits per heavy atom. The molecule has 4 N–H and O–H groups in total. The molecular weight excluding hydrogens is 734 g/mol. The van der Waals surface area contributed by atoms with Crippen LogP contribution < -0.4 is 5.73 Å². The average Bonchev–Trinajstić information content (AvgIpc) is 3.91. The van der Waals surface area contributed by atoms with E-state index in [0.717, 1.165) is 27.5 Å². The van der Waals surface area contributed by atoms with Crippen LogP contribution in [-0.4, -0.2) is 105 Å². The summed E-state index contributed by atoms with van der Waals surface area (Å²) >= 11 is 6.10. The number of likely N-dealkylation sites (tertiary alicyclic amines) is 2. The molecule has 15 heteroatoms. The van der Waals surface area contributed by atoms with Crippen LogP contribution in [0.4, 0.5) is 0 Å². The van der Waals surface area contributed by atoms with Crippen molar-refractivity contribution in [2.45, 2.75) is 24.0 Å². The number of fused-ring (bicyclic) bond motifs is 2. The highest BCUT2D eigenvalue weighted by atomic mass is 35.5. The predicted octanol–water partition coefficient (Wildman–Crippen LogP) is 2.91. The van der Waals surface area contributed by atoms with Crippen molar-refractivity contribution in [2.75, 3.05) is 27.2 Å². The number of primary amides is 1. The number of carbonyl (C=O) groups is 3. The molecule has 2 aromatic carbocycles. The molecule has 0 radical (unpaired) electrons. The number of halogens is 1. The number of nitrogens with zero attached hydrogens (tertiary/aromatic N) is 8. The third kappa shape index (κ3) is 7.17. The molecule has 4 aromatic heterocycles. The lowest BCUT2D eigenvalue weighted by Crippen LogP contribution is -2.37. The van der Waals surface area contributed by atoms with E-state index in [4.69, 9.17) is 17.3 Å². The number of hydrogen-bond acceptors (Lipinski definition) is 9. The fourth-order valence-corrected chi connectivity index (χ4v) is 6.74. The van der Waals surface area contributed by atoms with Gasteiger partial charge in [0.15, 0.2) is 0 Å². The van der Waals surface area contributed by atoms with Crippen LogP contribution >= 0.6 is 11.6 Å². The van der Waals surface area contributed by atoms with Crippen LogP contribution in [-0.2, 0) is 23.7 Å². The lowest BCUT2D eigenvalue weighted by molar-refractivity contribution is -0.138. The molecular formula is C41H36ClN9O5. The van der Waals surface area contributed by atoms with Crippen LogP contribution in [0.3, 0.4) is 0 Å². The van der Waals surface area contributed by atoms with Crippen molar-refractivity contribution in [1.29, 1.82) is 0 Å². The largest absolute Gasteiger partial charge is 0.369 e. The van der Waals surface area contributed by atoms with Crippen molar-refractivity contribution >= 4 is 51.4 Å². The highest BCUT2D eigenvalue weighted by Crippen LogP contribution is 2.30. The number of hydrogen-bond donors (Lipinski definition) is 3. The van der Waals surface area contributed by atoms with Gasteiger partial charge in [0, 0.05) is 99.5 Å². The molecule has 0 bridgehead atoms. The van der Waals surface area contributed by atoms with Crippen LogP contribution in [0.5, 0.6) is 0 Å². The van der Waals surface area contributed by atoms with Crippen LogP contribution in [0, 0.1) is 23.7 Å². The Balaban J connectivity index is 0.000000172. The summed E-state index contributed by atoms with van der Waals surface area (Å²) in [6.45, 7) is 0.961. The van der Waals surface area contributed by atoms with Crippen LogP contribution in [0.15, 0.2) is 73.1 Å². The Morgan fingerprint density at radius 1 is 0.714 bits per heavy atom. The van der Waals surface area contributed by atoms with Gasteiger partial charge in [0.05, 0.1) is 11.4 Å². The molecule has 2 aliphatic rings. The monoisotopic (exact) mass is 769 g/mol. The van der Waals surface area contributed by atoms with E-state index in [1.54, 1.807) is 36.9 Å². The van der Waals surface area contributed by atoms with E-state index in [2.05, 4.69) is 43.6 Å². The summed E-state index contributed by atoms with van der Waals surface area (Å²) in [6, 6.07) is 18.5. The maximum Gasteiger partial charge on any atom is 0.286 e. The van der Waals surface area contributed by atoms with E-state index in [9.17, 15) is 24.6 Å². The van der Waals surface area contributed by atoms with Gasteiger partial charge >= 0.3 is 0 Å². The first-order chi connectivity index (χ1) is 26.7. The highest BCUT2D eigenvalue weighted by molar-refractivity contribution is 6.28. The molecule has 2 fully saturated rings. The molecule has 8 rings (SSSR count). The number of benzene rings is 2. The second-order valence-electron chi connectivity index (χ2n) is 13.8. The topological polar surface area (TPSA) is 186 Å². The molecule has 14 nitrogen and oxygen atoms in total. The molecule has 0 saturated carbocycles. The van der Waals surface area contributed by atoms with Gasteiger partial charge in [-0.25, -0.2) is 15.0 Å². The van der Waals surface area contributed by atoms with Crippen molar-refractivity contribution < 1.29 is 24.6 Å². The van der Waals surface area contributed by atoms with Crippen LogP contribution in [0.25, 0.3) is 44.6 Å². The van der Waals surface area contributed by atoms with E-state index in [1.807, 2.05) is 73.5 Å². The van der Waals surface area contributed by atoms with E-state index in [0.29, 0.717) is 47.7 Å². The highest BCUT2D eigenvalue weighted by Gasteiger charge is 2.43. The number of carbonyl (C=O) groups excluding carboxylic acids is 3. The minimum atomic E-state index is -1.66. The van der Waals surface area contributed by atoms with Gasteiger partial charge in [-0.05, 0) is 48.0 Å². The zero-order valence-corrected chi connectivity index (χ0v) is 31.7. The van der Waals surface area contributed by atoms with Crippen molar-refractivity contribution in [1.82, 2.24) is 38.9 Å². The Labute approximate surface area is 326 Å². The number of likely N-dealkylation sites (N-methyl/N-ethyl adjacent to an activating group) is 2. The third-order valence-electron chi connectivity index (χ3n) is 9.76. The normalized spacial score (nSPS) is 19.1. The Kier molecular flexibility index (Phi) is 9.82. The summed E-state index contributed by atoms with van der Waals surface area (Å²) in [5.41, 5.74) is 7.58. The smallest absolute Gasteiger partial charge is 0.286 e. The van der Waals surface area contributed by atoms with E-state index < -0.39 is 23.0 Å². The van der Waals surface area contributed by atoms with E-state index in [1.165, 1.54) is 9.80 Å². The molecule has 2 atom stereocenters. The van der Waals surface area contributed by atoms with Crippen LogP contribution in [0.1, 0.15) is 34.6 Å². The summed E-state index contributed by atoms with van der Waals surface area (Å²) in [7, 11) is 7.02. The summed E-state index contributed by atoms with van der Waals surface area (Å²) < 4.78 is 3.67. The predicted molar refractivity (Wildman–Crippen MR) is 210 cm³/mol. The quantitative estimate of drug-likeness (QED) is 0.180. The fraction of sp³-hybridized carbons (Fsp3) is 0.244. The fourth-order valence-electron chi connectivity index (χ4n) is 6.58. The van der Waals surface area contributed by atoms with Gasteiger partial charge < -0.3 is 34.9 Å². The van der Waals surface area contributed by atoms with Gasteiger partial charge in [-0.3, -0.25) is 14.4 Å². The second kappa shape index (κ2) is 14.6. The SMILES string of the molecule is CN1CC[C@@](O)(C#Cc2cccc(-c3nc(C(N)=O)nc4c3ccn4C)c2)C1=O.CN1CC[C@@](O)(C#Cc2cccc(-c3nc(Cl)nc4c3ccn4C)c2)C1=O. The Morgan fingerprint density at radius 3 is 1.62 bits per heavy atom. The zero-order chi connectivity index (χ0) is 39.9. The molecule has 3 amide bonds. The second-order valence-corrected chi connectivity index (χ2v) is 14.1.